The standard InChI is InChI=1S/C7H14N2S/c1-3-9(2)6-4-5-8-7-10/h3-6H2,1-2H3. The molecule has 0 fully saturated rings. The van der Waals surface area contributed by atoms with Crippen LogP contribution >= 0.6 is 12.2 Å². The average Bonchev–Trinajstić information content (AvgIpc) is 1.98. The minimum atomic E-state index is 0.813. The first-order valence-corrected chi connectivity index (χ1v) is 3.94. The van der Waals surface area contributed by atoms with Crippen molar-refractivity contribution in [2.75, 3.05) is 26.7 Å². The highest BCUT2D eigenvalue weighted by molar-refractivity contribution is 7.78. The lowest BCUT2D eigenvalue weighted by atomic mass is 10.4. The molecule has 0 atom stereocenters. The van der Waals surface area contributed by atoms with Gasteiger partial charge < -0.3 is 4.90 Å². The van der Waals surface area contributed by atoms with Crippen molar-refractivity contribution in [3.05, 3.63) is 0 Å². The van der Waals surface area contributed by atoms with Gasteiger partial charge in [-0.3, -0.25) is 0 Å². The fraction of sp³-hybridized carbons (Fsp3) is 0.857. The molecule has 0 aliphatic rings. The van der Waals surface area contributed by atoms with Gasteiger partial charge in [-0.2, -0.15) is 0 Å². The topological polar surface area (TPSA) is 15.6 Å². The number of hydrogen-bond acceptors (Lipinski definition) is 3. The highest BCUT2D eigenvalue weighted by atomic mass is 32.1. The van der Waals surface area contributed by atoms with E-state index in [9.17, 15) is 0 Å². The van der Waals surface area contributed by atoms with Crippen LogP contribution in [0.3, 0.4) is 0 Å². The van der Waals surface area contributed by atoms with Crippen LogP contribution in [-0.2, 0) is 0 Å². The minimum Gasteiger partial charge on any atom is -0.307 e. The molecule has 0 amide bonds. The zero-order chi connectivity index (χ0) is 7.82. The van der Waals surface area contributed by atoms with Gasteiger partial charge in [0.15, 0.2) is 0 Å². The summed E-state index contributed by atoms with van der Waals surface area (Å²) in [5.74, 6) is 0. The summed E-state index contributed by atoms with van der Waals surface area (Å²) in [4.78, 5) is 6.07. The molecule has 58 valence electrons. The Morgan fingerprint density at radius 1 is 1.60 bits per heavy atom. The second-order valence-corrected chi connectivity index (χ2v) is 2.41. The van der Waals surface area contributed by atoms with Gasteiger partial charge in [0.25, 0.3) is 0 Å². The molecule has 0 aliphatic carbocycles. The summed E-state index contributed by atoms with van der Waals surface area (Å²) >= 11 is 4.43. The number of aliphatic imine (C=N–C) groups is 1. The Balaban J connectivity index is 3.10. The number of nitrogens with zero attached hydrogens (tertiary/aromatic N) is 2. The van der Waals surface area contributed by atoms with Gasteiger partial charge in [-0.05, 0) is 38.8 Å². The quantitative estimate of drug-likeness (QED) is 0.342. The highest BCUT2D eigenvalue weighted by Crippen LogP contribution is 1.85. The molecule has 0 bridgehead atoms. The monoisotopic (exact) mass is 158 g/mol. The smallest absolute Gasteiger partial charge is 0.0584 e. The Hall–Kier alpha value is -0.240. The van der Waals surface area contributed by atoms with Crippen LogP contribution in [0, 0.1) is 0 Å². The normalized spacial score (nSPS) is 9.50. The molecule has 2 nitrogen and oxygen atoms in total. The second-order valence-electron chi connectivity index (χ2n) is 2.22. The Bertz CT molecular complexity index is 119. The van der Waals surface area contributed by atoms with Crippen molar-refractivity contribution in [3.63, 3.8) is 0 Å². The predicted molar refractivity (Wildman–Crippen MR) is 47.7 cm³/mol. The Labute approximate surface area is 67.9 Å². The summed E-state index contributed by atoms with van der Waals surface area (Å²) in [6, 6.07) is 0. The Morgan fingerprint density at radius 2 is 2.30 bits per heavy atom. The van der Waals surface area contributed by atoms with Crippen LogP contribution in [0.5, 0.6) is 0 Å². The third kappa shape index (κ3) is 5.89. The van der Waals surface area contributed by atoms with E-state index < -0.39 is 0 Å². The lowest BCUT2D eigenvalue weighted by Gasteiger charge is -2.11. The zero-order valence-corrected chi connectivity index (χ0v) is 7.45. The maximum absolute atomic E-state index is 4.43. The van der Waals surface area contributed by atoms with Crippen molar-refractivity contribution in [3.8, 4) is 0 Å². The Morgan fingerprint density at radius 3 is 2.80 bits per heavy atom. The molecule has 10 heavy (non-hydrogen) atoms. The van der Waals surface area contributed by atoms with E-state index in [-0.39, 0.29) is 0 Å². The fourth-order valence-corrected chi connectivity index (χ4v) is 0.715. The van der Waals surface area contributed by atoms with Crippen LogP contribution < -0.4 is 0 Å². The van der Waals surface area contributed by atoms with Crippen molar-refractivity contribution < 1.29 is 0 Å². The number of hydrogen-bond donors (Lipinski definition) is 0. The number of thiocarbonyl (C=S) groups is 1. The molecule has 0 rings (SSSR count). The van der Waals surface area contributed by atoms with E-state index >= 15 is 0 Å². The highest BCUT2D eigenvalue weighted by Gasteiger charge is 1.91. The fourth-order valence-electron chi connectivity index (χ4n) is 0.623. The van der Waals surface area contributed by atoms with Crippen LogP contribution in [0.25, 0.3) is 0 Å². The third-order valence-corrected chi connectivity index (χ3v) is 1.54. The molecule has 0 radical (unpaired) electrons. The minimum absolute atomic E-state index is 0.813. The molecule has 0 saturated carbocycles. The first-order chi connectivity index (χ1) is 4.81. The van der Waals surface area contributed by atoms with Gasteiger partial charge in [-0.1, -0.05) is 6.92 Å². The average molecular weight is 158 g/mol. The molecule has 0 heterocycles. The lowest BCUT2D eigenvalue weighted by Crippen LogP contribution is -2.19. The molecular weight excluding hydrogens is 144 g/mol. The summed E-state index contributed by atoms with van der Waals surface area (Å²) in [5.41, 5.74) is 0. The number of isothiocyanates is 1. The van der Waals surface area contributed by atoms with Crippen LogP contribution in [0.4, 0.5) is 0 Å². The molecule has 3 heteroatoms. The summed E-state index contributed by atoms with van der Waals surface area (Å²) in [5, 5.41) is 2.35. The molecule has 0 aliphatic heterocycles. The molecule has 0 saturated heterocycles. The van der Waals surface area contributed by atoms with Crippen molar-refractivity contribution in [2.45, 2.75) is 13.3 Å². The van der Waals surface area contributed by atoms with E-state index in [2.05, 4.69) is 41.2 Å². The van der Waals surface area contributed by atoms with E-state index in [0.717, 1.165) is 26.1 Å². The van der Waals surface area contributed by atoms with Crippen LogP contribution in [-0.4, -0.2) is 36.7 Å². The Kier molecular flexibility index (Phi) is 6.71. The van der Waals surface area contributed by atoms with Gasteiger partial charge in [0, 0.05) is 0 Å². The van der Waals surface area contributed by atoms with Crippen molar-refractivity contribution in [2.24, 2.45) is 4.99 Å². The van der Waals surface area contributed by atoms with Crippen LogP contribution in [0.2, 0.25) is 0 Å². The second kappa shape index (κ2) is 6.87. The zero-order valence-electron chi connectivity index (χ0n) is 6.63. The van der Waals surface area contributed by atoms with Gasteiger partial charge in [0.05, 0.1) is 11.7 Å². The summed E-state index contributed by atoms with van der Waals surface area (Å²) in [6.45, 7) is 5.15. The molecule has 0 spiro atoms. The van der Waals surface area contributed by atoms with Gasteiger partial charge in [0.1, 0.15) is 0 Å². The van der Waals surface area contributed by atoms with Gasteiger partial charge in [0.2, 0.25) is 0 Å². The van der Waals surface area contributed by atoms with E-state index in [1.807, 2.05) is 0 Å². The van der Waals surface area contributed by atoms with Crippen LogP contribution in [0.1, 0.15) is 13.3 Å². The van der Waals surface area contributed by atoms with E-state index in [4.69, 9.17) is 0 Å². The largest absolute Gasteiger partial charge is 0.307 e. The lowest BCUT2D eigenvalue weighted by molar-refractivity contribution is 0.350. The number of rotatable bonds is 5. The summed E-state index contributed by atoms with van der Waals surface area (Å²) in [6.07, 6.45) is 1.08. The molecule has 0 N–H and O–H groups in total. The van der Waals surface area contributed by atoms with E-state index in [1.54, 1.807) is 0 Å². The predicted octanol–water partition coefficient (Wildman–Crippen LogP) is 1.43. The van der Waals surface area contributed by atoms with E-state index in [1.165, 1.54) is 0 Å². The van der Waals surface area contributed by atoms with E-state index in [0.29, 0.717) is 0 Å². The maximum atomic E-state index is 4.43. The molecule has 0 aromatic heterocycles. The summed E-state index contributed by atoms with van der Waals surface area (Å²) in [7, 11) is 2.10. The van der Waals surface area contributed by atoms with Crippen molar-refractivity contribution in [1.82, 2.24) is 4.90 Å². The van der Waals surface area contributed by atoms with Crippen molar-refractivity contribution in [1.29, 1.82) is 0 Å². The molecule has 0 unspecified atom stereocenters. The third-order valence-electron chi connectivity index (χ3n) is 1.41. The van der Waals surface area contributed by atoms with Gasteiger partial charge in [-0.15, -0.1) is 0 Å². The maximum Gasteiger partial charge on any atom is 0.0584 e. The first kappa shape index (κ1) is 9.76. The van der Waals surface area contributed by atoms with Crippen LogP contribution in [0.15, 0.2) is 4.99 Å². The molecular formula is C7H14N2S. The summed E-state index contributed by atoms with van der Waals surface area (Å²) < 4.78 is 0. The SMILES string of the molecule is CCN(C)CCCN=C=S. The van der Waals surface area contributed by atoms with Gasteiger partial charge in [-0.25, -0.2) is 4.99 Å². The first-order valence-electron chi connectivity index (χ1n) is 3.53. The van der Waals surface area contributed by atoms with Crippen molar-refractivity contribution >= 4 is 17.4 Å². The van der Waals surface area contributed by atoms with Gasteiger partial charge >= 0.3 is 0 Å². The molecule has 0 aromatic rings. The molecule has 0 aromatic carbocycles.